The van der Waals surface area contributed by atoms with Gasteiger partial charge in [-0.3, -0.25) is 9.78 Å². The van der Waals surface area contributed by atoms with Crippen LogP contribution in [0.5, 0.6) is 0 Å². The van der Waals surface area contributed by atoms with Gasteiger partial charge < -0.3 is 4.90 Å². The van der Waals surface area contributed by atoms with Gasteiger partial charge in [0.2, 0.25) is 0 Å². The molecule has 3 rings (SSSR count). The van der Waals surface area contributed by atoms with E-state index in [-0.39, 0.29) is 18.3 Å². The molecule has 1 unspecified atom stereocenters. The number of nitrogens with two attached hydrogens (primary N) is 1. The maximum atomic E-state index is 13.1. The first-order valence-electron chi connectivity index (χ1n) is 11.3. The topological polar surface area (TPSA) is 88.6 Å². The first-order chi connectivity index (χ1) is 16.0. The molecule has 2 N–H and O–H groups in total. The average Bonchev–Trinajstić information content (AvgIpc) is 3.28. The van der Waals surface area contributed by atoms with E-state index in [1.54, 1.807) is 23.5 Å². The van der Waals surface area contributed by atoms with Gasteiger partial charge in [-0.25, -0.2) is 9.35 Å². The van der Waals surface area contributed by atoms with Gasteiger partial charge in [0, 0.05) is 12.7 Å². The number of amides is 1. The summed E-state index contributed by atoms with van der Waals surface area (Å²) in [7, 11) is 0.632. The summed E-state index contributed by atoms with van der Waals surface area (Å²) >= 11 is 1.59. The maximum Gasteiger partial charge on any atom is 0.259 e. The van der Waals surface area contributed by atoms with E-state index in [0.717, 1.165) is 39.2 Å². The molecule has 6 nitrogen and oxygen atoms in total. The number of aromatic nitrogens is 1. The van der Waals surface area contributed by atoms with Crippen molar-refractivity contribution in [2.45, 2.75) is 57.4 Å². The molecule has 0 aliphatic rings. The van der Waals surface area contributed by atoms with Crippen LogP contribution in [-0.2, 0) is 27.7 Å². The summed E-state index contributed by atoms with van der Waals surface area (Å²) in [6, 6.07) is 11.4. The molecule has 0 spiro atoms. The molecule has 1 aromatic heterocycles. The smallest absolute Gasteiger partial charge is 0.259 e. The number of nitrogens with zero attached hydrogens (tertiary/aromatic N) is 3. The van der Waals surface area contributed by atoms with E-state index >= 15 is 0 Å². The lowest BCUT2D eigenvalue weighted by Crippen LogP contribution is -2.17. The van der Waals surface area contributed by atoms with Crippen LogP contribution in [0, 0.1) is 0 Å². The lowest BCUT2D eigenvalue weighted by molar-refractivity contribution is -0.117. The van der Waals surface area contributed by atoms with Crippen molar-refractivity contribution < 1.29 is 9.00 Å². The second kappa shape index (κ2) is 10.9. The van der Waals surface area contributed by atoms with E-state index in [4.69, 9.17) is 5.14 Å². The molecule has 3 aromatic rings. The van der Waals surface area contributed by atoms with Crippen LogP contribution >= 0.6 is 11.3 Å². The highest BCUT2D eigenvalue weighted by molar-refractivity contribution is 7.91. The van der Waals surface area contributed by atoms with Crippen molar-refractivity contribution in [3.05, 3.63) is 70.4 Å². The molecule has 1 amide bonds. The van der Waals surface area contributed by atoms with Crippen molar-refractivity contribution in [3.8, 4) is 10.4 Å². The van der Waals surface area contributed by atoms with Crippen LogP contribution in [0.1, 0.15) is 61.8 Å². The molecule has 0 fully saturated rings. The molecule has 0 aliphatic heterocycles. The van der Waals surface area contributed by atoms with Gasteiger partial charge in [0.1, 0.15) is 9.92 Å². The third-order valence-corrected chi connectivity index (χ3v) is 7.85. The first kappa shape index (κ1) is 26.2. The largest absolute Gasteiger partial charge is 0.305 e. The minimum Gasteiger partial charge on any atom is -0.305 e. The zero-order valence-electron chi connectivity index (χ0n) is 20.7. The van der Waals surface area contributed by atoms with Gasteiger partial charge in [-0.1, -0.05) is 39.8 Å². The molecule has 1 heterocycles. The van der Waals surface area contributed by atoms with Crippen LogP contribution in [0.4, 0.5) is 0 Å². The monoisotopic (exact) mass is 498 g/mol. The quantitative estimate of drug-likeness (QED) is 0.438. The Morgan fingerprint density at radius 3 is 2.15 bits per heavy atom. The van der Waals surface area contributed by atoms with Gasteiger partial charge in [-0.2, -0.15) is 0 Å². The van der Waals surface area contributed by atoms with E-state index < -0.39 is 15.8 Å². The number of hydrogen-bond donors (Lipinski definition) is 1. The maximum absolute atomic E-state index is 13.1. The molecule has 0 bridgehead atoms. The van der Waals surface area contributed by atoms with Crippen LogP contribution < -0.4 is 5.14 Å². The summed E-state index contributed by atoms with van der Waals surface area (Å²) in [4.78, 5) is 20.7. The van der Waals surface area contributed by atoms with Crippen molar-refractivity contribution in [1.29, 1.82) is 0 Å². The van der Waals surface area contributed by atoms with E-state index in [2.05, 4.69) is 49.2 Å². The first-order valence-corrected chi connectivity index (χ1v) is 13.8. The Morgan fingerprint density at radius 1 is 1.09 bits per heavy atom. The number of carbonyl (C=O) groups excluding carboxylic acids is 1. The average molecular weight is 499 g/mol. The molecular weight excluding hydrogens is 464 g/mol. The Balaban J connectivity index is 1.97. The molecule has 2 aromatic carbocycles. The Labute approximate surface area is 207 Å². The zero-order valence-corrected chi connectivity index (χ0v) is 22.4. The Bertz CT molecular complexity index is 1230. The van der Waals surface area contributed by atoms with Crippen molar-refractivity contribution >= 4 is 27.2 Å². The third-order valence-electron chi connectivity index (χ3n) is 5.61. The van der Waals surface area contributed by atoms with Gasteiger partial charge >= 0.3 is 0 Å². The number of benzene rings is 2. The molecule has 0 aliphatic carbocycles. The second-order valence-corrected chi connectivity index (χ2v) is 12.1. The third kappa shape index (κ3) is 6.39. The Hall–Kier alpha value is -2.39. The predicted molar refractivity (Wildman–Crippen MR) is 141 cm³/mol. The number of carbonyl (C=O) groups is 1. The van der Waals surface area contributed by atoms with Crippen molar-refractivity contribution in [2.24, 2.45) is 9.50 Å². The van der Waals surface area contributed by atoms with E-state index in [1.165, 1.54) is 0 Å². The summed E-state index contributed by atoms with van der Waals surface area (Å²) in [5.74, 6) is -0.0569. The van der Waals surface area contributed by atoms with Crippen molar-refractivity contribution in [2.75, 3.05) is 14.1 Å². The molecule has 182 valence electrons. The van der Waals surface area contributed by atoms with Crippen molar-refractivity contribution in [1.82, 2.24) is 9.88 Å². The molecule has 0 radical (unpaired) electrons. The van der Waals surface area contributed by atoms with E-state index in [1.807, 2.05) is 42.8 Å². The number of hydrogen-bond acceptors (Lipinski definition) is 5. The fourth-order valence-electron chi connectivity index (χ4n) is 4.00. The molecule has 1 atom stereocenters. The highest BCUT2D eigenvalue weighted by atomic mass is 32.2. The van der Waals surface area contributed by atoms with Crippen LogP contribution in [-0.4, -0.2) is 34.1 Å². The normalized spacial score (nSPS) is 13.5. The summed E-state index contributed by atoms with van der Waals surface area (Å²) < 4.78 is 17.1. The fourth-order valence-corrected chi connectivity index (χ4v) is 5.60. The summed E-state index contributed by atoms with van der Waals surface area (Å²) in [6.07, 6.45) is 1.93. The van der Waals surface area contributed by atoms with Gasteiger partial charge in [0.15, 0.2) is 0 Å². The number of rotatable bonds is 8. The van der Waals surface area contributed by atoms with Crippen LogP contribution in [0.2, 0.25) is 0 Å². The Morgan fingerprint density at radius 2 is 1.68 bits per heavy atom. The number of thiazole rings is 1. The summed E-state index contributed by atoms with van der Waals surface area (Å²) in [6.45, 7) is 9.21. The SMILES string of the molecule is CC(C)c1cc(-c2cncs2)cc(C(C)C)c1CC(=O)N=S(N)(=O)c1ccc(CN(C)C)cc1. The highest BCUT2D eigenvalue weighted by Crippen LogP contribution is 2.35. The molecule has 34 heavy (non-hydrogen) atoms. The van der Waals surface area contributed by atoms with Gasteiger partial charge in [-0.05, 0) is 78.0 Å². The molecule has 0 saturated carbocycles. The van der Waals surface area contributed by atoms with Crippen LogP contribution in [0.25, 0.3) is 10.4 Å². The Kier molecular flexibility index (Phi) is 8.41. The fraction of sp³-hybridized carbons (Fsp3) is 0.385. The van der Waals surface area contributed by atoms with E-state index in [9.17, 15) is 9.00 Å². The summed E-state index contributed by atoms with van der Waals surface area (Å²) in [5.41, 5.74) is 7.12. The van der Waals surface area contributed by atoms with E-state index in [0.29, 0.717) is 4.90 Å². The lowest BCUT2D eigenvalue weighted by atomic mass is 9.85. The molecular formula is C26H34N4O2S2. The molecule has 0 saturated heterocycles. The minimum absolute atomic E-state index is 0.0664. The lowest BCUT2D eigenvalue weighted by Gasteiger charge is -2.21. The molecule has 8 heteroatoms. The van der Waals surface area contributed by atoms with Gasteiger partial charge in [-0.15, -0.1) is 15.7 Å². The predicted octanol–water partition coefficient (Wildman–Crippen LogP) is 5.59. The van der Waals surface area contributed by atoms with Crippen LogP contribution in [0.15, 0.2) is 57.4 Å². The van der Waals surface area contributed by atoms with Crippen molar-refractivity contribution in [3.63, 3.8) is 0 Å². The van der Waals surface area contributed by atoms with Gasteiger partial charge in [0.05, 0.1) is 21.7 Å². The standard InChI is InChI=1S/C26H34N4O2S2/c1-17(2)22-11-20(25-14-28-16-33-25)12-23(18(3)4)24(22)13-26(31)29-34(27,32)21-9-7-19(8-10-21)15-30(5)6/h7-12,14,16-18H,13,15H2,1-6H3,(H2,27,29,31,32). The highest BCUT2D eigenvalue weighted by Gasteiger charge is 2.20. The zero-order chi connectivity index (χ0) is 25.0. The summed E-state index contributed by atoms with van der Waals surface area (Å²) in [5, 5.41) is 6.05. The van der Waals surface area contributed by atoms with Gasteiger partial charge in [0.25, 0.3) is 5.91 Å². The second-order valence-electron chi connectivity index (χ2n) is 9.42. The van der Waals surface area contributed by atoms with Crippen LogP contribution in [0.3, 0.4) is 0 Å². The minimum atomic E-state index is -3.33.